The number of hydrogen-bond acceptors (Lipinski definition) is 2. The fourth-order valence-electron chi connectivity index (χ4n) is 0.821. The molecule has 0 aromatic heterocycles. The van der Waals surface area contributed by atoms with E-state index < -0.39 is 12.0 Å². The molecule has 0 fully saturated rings. The summed E-state index contributed by atoms with van der Waals surface area (Å²) in [5.74, 6) is -1.78. The number of ether oxygens (including phenoxy) is 1. The SMILES string of the molecule is CCCCOC(=CC(=O)C(F)(F)F)CC. The predicted octanol–water partition coefficient (Wildman–Crippen LogP) is 3.23. The molecule has 0 bridgehead atoms. The molecule has 0 spiro atoms. The fourth-order valence-corrected chi connectivity index (χ4v) is 0.821. The van der Waals surface area contributed by atoms with Gasteiger partial charge in [0.25, 0.3) is 5.78 Å². The molecule has 0 rings (SSSR count). The number of hydrogen-bond donors (Lipinski definition) is 0. The second-order valence-electron chi connectivity index (χ2n) is 3.03. The van der Waals surface area contributed by atoms with Gasteiger partial charge in [0.15, 0.2) is 0 Å². The van der Waals surface area contributed by atoms with E-state index in [9.17, 15) is 18.0 Å². The fraction of sp³-hybridized carbons (Fsp3) is 0.700. The van der Waals surface area contributed by atoms with Gasteiger partial charge in [-0.2, -0.15) is 13.2 Å². The van der Waals surface area contributed by atoms with Crippen LogP contribution in [0, 0.1) is 0 Å². The van der Waals surface area contributed by atoms with E-state index in [2.05, 4.69) is 0 Å². The van der Waals surface area contributed by atoms with Crippen LogP contribution in [0.5, 0.6) is 0 Å². The summed E-state index contributed by atoms with van der Waals surface area (Å²) >= 11 is 0. The molecule has 0 aromatic rings. The maximum Gasteiger partial charge on any atom is 0.454 e. The maximum absolute atomic E-state index is 11.9. The Morgan fingerprint density at radius 1 is 1.33 bits per heavy atom. The average molecular weight is 224 g/mol. The van der Waals surface area contributed by atoms with Crippen molar-refractivity contribution in [2.24, 2.45) is 0 Å². The minimum Gasteiger partial charge on any atom is -0.498 e. The van der Waals surface area contributed by atoms with Crippen molar-refractivity contribution < 1.29 is 22.7 Å². The standard InChI is InChI=1S/C10H15F3O2/c1-3-5-6-15-8(4-2)7-9(14)10(11,12)13/h7H,3-6H2,1-2H3. The Morgan fingerprint density at radius 2 is 1.93 bits per heavy atom. The molecule has 0 aliphatic carbocycles. The number of rotatable bonds is 6. The zero-order chi connectivity index (χ0) is 11.9. The summed E-state index contributed by atoms with van der Waals surface area (Å²) < 4.78 is 40.7. The summed E-state index contributed by atoms with van der Waals surface area (Å²) in [6.45, 7) is 3.93. The van der Waals surface area contributed by atoms with E-state index >= 15 is 0 Å². The van der Waals surface area contributed by atoms with Crippen molar-refractivity contribution in [3.8, 4) is 0 Å². The third-order valence-corrected chi connectivity index (χ3v) is 1.71. The van der Waals surface area contributed by atoms with Gasteiger partial charge < -0.3 is 4.74 Å². The normalized spacial score (nSPS) is 12.7. The van der Waals surface area contributed by atoms with Gasteiger partial charge in [-0.1, -0.05) is 20.3 Å². The van der Waals surface area contributed by atoms with Gasteiger partial charge in [0, 0.05) is 12.5 Å². The van der Waals surface area contributed by atoms with Crippen molar-refractivity contribution in [3.63, 3.8) is 0 Å². The molecule has 0 N–H and O–H groups in total. The molecule has 0 heterocycles. The summed E-state index contributed by atoms with van der Waals surface area (Å²) in [5, 5.41) is 0. The van der Waals surface area contributed by atoms with Gasteiger partial charge in [-0.25, -0.2) is 0 Å². The summed E-state index contributed by atoms with van der Waals surface area (Å²) in [6, 6.07) is 0. The van der Waals surface area contributed by atoms with Gasteiger partial charge >= 0.3 is 6.18 Å². The highest BCUT2D eigenvalue weighted by molar-refractivity contribution is 5.94. The zero-order valence-electron chi connectivity index (χ0n) is 8.86. The van der Waals surface area contributed by atoms with E-state index in [-0.39, 0.29) is 12.2 Å². The first kappa shape index (κ1) is 14.0. The minimum atomic E-state index is -4.81. The number of alkyl halides is 3. The van der Waals surface area contributed by atoms with Crippen molar-refractivity contribution in [3.05, 3.63) is 11.8 Å². The first-order valence-corrected chi connectivity index (χ1v) is 4.86. The van der Waals surface area contributed by atoms with Gasteiger partial charge in [-0.05, 0) is 6.42 Å². The van der Waals surface area contributed by atoms with Crippen LogP contribution in [-0.2, 0) is 9.53 Å². The number of carbonyl (C=O) groups excluding carboxylic acids is 1. The quantitative estimate of drug-likeness (QED) is 0.393. The van der Waals surface area contributed by atoms with E-state index in [1.54, 1.807) is 6.92 Å². The average Bonchev–Trinajstić information content (AvgIpc) is 2.14. The van der Waals surface area contributed by atoms with Crippen LogP contribution in [-0.4, -0.2) is 18.6 Å². The predicted molar refractivity (Wildman–Crippen MR) is 50.3 cm³/mol. The number of carbonyl (C=O) groups is 1. The summed E-state index contributed by atoms with van der Waals surface area (Å²) in [6.07, 6.45) is -2.35. The van der Waals surface area contributed by atoms with E-state index in [0.717, 1.165) is 12.8 Å². The van der Waals surface area contributed by atoms with Crippen LogP contribution in [0.2, 0.25) is 0 Å². The summed E-state index contributed by atoms with van der Waals surface area (Å²) in [4.78, 5) is 10.6. The van der Waals surface area contributed by atoms with Gasteiger partial charge in [0.1, 0.15) is 0 Å². The van der Waals surface area contributed by atoms with Crippen LogP contribution < -0.4 is 0 Å². The minimum absolute atomic E-state index is 0.0887. The second-order valence-corrected chi connectivity index (χ2v) is 3.03. The number of unbranched alkanes of at least 4 members (excludes halogenated alkanes) is 1. The largest absolute Gasteiger partial charge is 0.498 e. The van der Waals surface area contributed by atoms with Gasteiger partial charge in [-0.3, -0.25) is 4.79 Å². The topological polar surface area (TPSA) is 26.3 Å². The third kappa shape index (κ3) is 6.14. The maximum atomic E-state index is 11.9. The van der Waals surface area contributed by atoms with Crippen LogP contribution in [0.3, 0.4) is 0 Å². The lowest BCUT2D eigenvalue weighted by molar-refractivity contribution is -0.165. The Balaban J connectivity index is 4.27. The Labute approximate surface area is 87.1 Å². The van der Waals surface area contributed by atoms with Crippen molar-refractivity contribution >= 4 is 5.78 Å². The first-order valence-electron chi connectivity index (χ1n) is 4.86. The molecule has 5 heteroatoms. The van der Waals surface area contributed by atoms with Gasteiger partial charge in [0.05, 0.1) is 12.4 Å². The molecular weight excluding hydrogens is 209 g/mol. The number of allylic oxidation sites excluding steroid dienone is 2. The Hall–Kier alpha value is -1.00. The van der Waals surface area contributed by atoms with Crippen molar-refractivity contribution in [2.45, 2.75) is 39.3 Å². The summed E-state index contributed by atoms with van der Waals surface area (Å²) in [7, 11) is 0. The smallest absolute Gasteiger partial charge is 0.454 e. The molecule has 0 saturated carbocycles. The van der Waals surface area contributed by atoms with E-state index in [4.69, 9.17) is 4.74 Å². The van der Waals surface area contributed by atoms with E-state index in [1.165, 1.54) is 0 Å². The monoisotopic (exact) mass is 224 g/mol. The van der Waals surface area contributed by atoms with Crippen LogP contribution in [0.25, 0.3) is 0 Å². The Bertz CT molecular complexity index is 231. The number of halogens is 3. The molecule has 15 heavy (non-hydrogen) atoms. The highest BCUT2D eigenvalue weighted by atomic mass is 19.4. The molecule has 0 unspecified atom stereocenters. The van der Waals surface area contributed by atoms with Crippen molar-refractivity contribution in [2.75, 3.05) is 6.61 Å². The molecule has 0 amide bonds. The highest BCUT2D eigenvalue weighted by Crippen LogP contribution is 2.18. The Kier molecular flexibility index (Phi) is 6.05. The third-order valence-electron chi connectivity index (χ3n) is 1.71. The Morgan fingerprint density at radius 3 is 2.33 bits per heavy atom. The molecule has 0 saturated heterocycles. The van der Waals surface area contributed by atoms with Crippen molar-refractivity contribution in [1.82, 2.24) is 0 Å². The van der Waals surface area contributed by atoms with Crippen LogP contribution >= 0.6 is 0 Å². The lowest BCUT2D eigenvalue weighted by atomic mass is 10.3. The lowest BCUT2D eigenvalue weighted by Gasteiger charge is -2.08. The lowest BCUT2D eigenvalue weighted by Crippen LogP contribution is -2.20. The molecule has 0 atom stereocenters. The van der Waals surface area contributed by atoms with E-state index in [1.807, 2.05) is 6.92 Å². The van der Waals surface area contributed by atoms with Crippen LogP contribution in [0.1, 0.15) is 33.1 Å². The zero-order valence-corrected chi connectivity index (χ0v) is 8.86. The molecule has 2 nitrogen and oxygen atoms in total. The first-order chi connectivity index (χ1) is 6.91. The second kappa shape index (κ2) is 6.48. The molecule has 0 aromatic carbocycles. The number of ketones is 1. The van der Waals surface area contributed by atoms with Gasteiger partial charge in [-0.15, -0.1) is 0 Å². The van der Waals surface area contributed by atoms with Crippen LogP contribution in [0.4, 0.5) is 13.2 Å². The van der Waals surface area contributed by atoms with Crippen molar-refractivity contribution in [1.29, 1.82) is 0 Å². The molecule has 0 aliphatic rings. The van der Waals surface area contributed by atoms with Crippen LogP contribution in [0.15, 0.2) is 11.8 Å². The summed E-state index contributed by atoms with van der Waals surface area (Å²) in [5.41, 5.74) is 0. The molecule has 0 aliphatic heterocycles. The highest BCUT2D eigenvalue weighted by Gasteiger charge is 2.36. The molecule has 88 valence electrons. The molecular formula is C10H15F3O2. The molecule has 0 radical (unpaired) electrons. The van der Waals surface area contributed by atoms with Gasteiger partial charge in [0.2, 0.25) is 0 Å². The van der Waals surface area contributed by atoms with E-state index in [0.29, 0.717) is 12.7 Å².